The molecule has 0 radical (unpaired) electrons. The Morgan fingerprint density at radius 1 is 1.04 bits per heavy atom. The van der Waals surface area contributed by atoms with E-state index in [-0.39, 0.29) is 12.4 Å². The Labute approximate surface area is 140 Å². The number of benzene rings is 2. The molecule has 1 N–H and O–H groups in total. The van der Waals surface area contributed by atoms with E-state index in [1.54, 1.807) is 4.68 Å². The van der Waals surface area contributed by atoms with Gasteiger partial charge in [-0.2, -0.15) is 4.68 Å². The van der Waals surface area contributed by atoms with Gasteiger partial charge in [0.1, 0.15) is 5.75 Å². The van der Waals surface area contributed by atoms with Crippen LogP contribution >= 0.6 is 12.4 Å². The molecule has 2 aromatic carbocycles. The first-order chi connectivity index (χ1) is 10.9. The van der Waals surface area contributed by atoms with E-state index in [0.29, 0.717) is 11.8 Å². The first-order valence-electron chi connectivity index (χ1n) is 7.18. The predicted octanol–water partition coefficient (Wildman–Crippen LogP) is 2.99. The lowest BCUT2D eigenvalue weighted by Gasteiger charge is -2.07. The average Bonchev–Trinajstić information content (AvgIpc) is 3.03. The molecule has 1 heterocycles. The molecule has 120 valence electrons. The summed E-state index contributed by atoms with van der Waals surface area (Å²) in [5.41, 5.74) is 2.06. The van der Waals surface area contributed by atoms with Crippen molar-refractivity contribution in [3.8, 4) is 17.4 Å². The predicted molar refractivity (Wildman–Crippen MR) is 90.3 cm³/mol. The highest BCUT2D eigenvalue weighted by molar-refractivity contribution is 5.85. The van der Waals surface area contributed by atoms with Gasteiger partial charge in [0.2, 0.25) is 0 Å². The van der Waals surface area contributed by atoms with E-state index in [1.165, 1.54) is 5.56 Å². The molecule has 0 saturated heterocycles. The number of aromatic nitrogens is 4. The SMILES string of the molecule is CCNCc1ccc(Oc2nnnn2-c2ccccc2)cc1.Cl. The van der Waals surface area contributed by atoms with Crippen molar-refractivity contribution in [2.75, 3.05) is 6.54 Å². The fraction of sp³-hybridized carbons (Fsp3) is 0.188. The molecule has 0 amide bonds. The number of para-hydroxylation sites is 1. The Balaban J connectivity index is 0.00000192. The molecule has 0 aliphatic heterocycles. The quantitative estimate of drug-likeness (QED) is 0.752. The van der Waals surface area contributed by atoms with Crippen molar-refractivity contribution < 1.29 is 4.74 Å². The van der Waals surface area contributed by atoms with Gasteiger partial charge < -0.3 is 10.1 Å². The van der Waals surface area contributed by atoms with Gasteiger partial charge >= 0.3 is 6.01 Å². The summed E-state index contributed by atoms with van der Waals surface area (Å²) in [6.07, 6.45) is 0. The molecule has 0 aliphatic carbocycles. The third-order valence-corrected chi connectivity index (χ3v) is 3.15. The van der Waals surface area contributed by atoms with Crippen molar-refractivity contribution in [2.24, 2.45) is 0 Å². The van der Waals surface area contributed by atoms with E-state index < -0.39 is 0 Å². The largest absolute Gasteiger partial charge is 0.423 e. The second-order valence-corrected chi connectivity index (χ2v) is 4.74. The standard InChI is InChI=1S/C16H17N5O.ClH/c1-2-17-12-13-8-10-15(11-9-13)22-16-18-19-20-21(16)14-6-4-3-5-7-14;/h3-11,17H,2,12H2,1H3;1H. The molecule has 6 nitrogen and oxygen atoms in total. The summed E-state index contributed by atoms with van der Waals surface area (Å²) >= 11 is 0. The monoisotopic (exact) mass is 331 g/mol. The van der Waals surface area contributed by atoms with Crippen LogP contribution in [0.25, 0.3) is 5.69 Å². The minimum atomic E-state index is 0. The minimum absolute atomic E-state index is 0. The molecule has 0 saturated carbocycles. The summed E-state index contributed by atoms with van der Waals surface area (Å²) in [5.74, 6) is 0.701. The number of nitrogens with one attached hydrogen (secondary N) is 1. The molecule has 0 bridgehead atoms. The first kappa shape index (κ1) is 16.9. The first-order valence-corrected chi connectivity index (χ1v) is 7.18. The zero-order valence-corrected chi connectivity index (χ0v) is 13.5. The fourth-order valence-electron chi connectivity index (χ4n) is 2.02. The Bertz CT molecular complexity index is 715. The molecule has 23 heavy (non-hydrogen) atoms. The number of nitrogens with zero attached hydrogens (tertiary/aromatic N) is 4. The van der Waals surface area contributed by atoms with Gasteiger partial charge in [-0.05, 0) is 46.8 Å². The van der Waals surface area contributed by atoms with Gasteiger partial charge in [0.15, 0.2) is 0 Å². The molecule has 1 aromatic heterocycles. The van der Waals surface area contributed by atoms with Gasteiger partial charge in [0.25, 0.3) is 0 Å². The molecular weight excluding hydrogens is 314 g/mol. The third kappa shape index (κ3) is 4.28. The van der Waals surface area contributed by atoms with Crippen LogP contribution in [0.2, 0.25) is 0 Å². The molecule has 0 aliphatic rings. The number of rotatable bonds is 6. The van der Waals surface area contributed by atoms with E-state index >= 15 is 0 Å². The highest BCUT2D eigenvalue weighted by Crippen LogP contribution is 2.21. The number of ether oxygens (including phenoxy) is 1. The lowest BCUT2D eigenvalue weighted by molar-refractivity contribution is 0.427. The highest BCUT2D eigenvalue weighted by Gasteiger charge is 2.10. The van der Waals surface area contributed by atoms with E-state index in [1.807, 2.05) is 54.6 Å². The zero-order valence-electron chi connectivity index (χ0n) is 12.7. The lowest BCUT2D eigenvalue weighted by Crippen LogP contribution is -2.11. The van der Waals surface area contributed by atoms with Crippen LogP contribution in [0, 0.1) is 0 Å². The minimum Gasteiger partial charge on any atom is -0.423 e. The molecule has 0 spiro atoms. The van der Waals surface area contributed by atoms with Gasteiger partial charge in [0, 0.05) is 6.54 Å². The summed E-state index contributed by atoms with van der Waals surface area (Å²) in [5, 5.41) is 14.9. The molecule has 3 aromatic rings. The Kier molecular flexibility index (Phi) is 6.08. The maximum Gasteiger partial charge on any atom is 0.345 e. The zero-order chi connectivity index (χ0) is 15.2. The van der Waals surface area contributed by atoms with E-state index in [4.69, 9.17) is 4.74 Å². The van der Waals surface area contributed by atoms with Gasteiger partial charge in [-0.15, -0.1) is 12.4 Å². The molecule has 0 fully saturated rings. The van der Waals surface area contributed by atoms with Crippen LogP contribution < -0.4 is 10.1 Å². The molecular formula is C16H18ClN5O. The van der Waals surface area contributed by atoms with Crippen LogP contribution in [0.1, 0.15) is 12.5 Å². The van der Waals surface area contributed by atoms with E-state index in [0.717, 1.165) is 18.8 Å². The third-order valence-electron chi connectivity index (χ3n) is 3.15. The van der Waals surface area contributed by atoms with Crippen molar-refractivity contribution in [3.05, 3.63) is 60.2 Å². The second-order valence-electron chi connectivity index (χ2n) is 4.74. The van der Waals surface area contributed by atoms with E-state index in [2.05, 4.69) is 27.8 Å². The summed E-state index contributed by atoms with van der Waals surface area (Å²) in [7, 11) is 0. The number of tetrazole rings is 1. The fourth-order valence-corrected chi connectivity index (χ4v) is 2.02. The maximum atomic E-state index is 5.77. The summed E-state index contributed by atoms with van der Waals surface area (Å²) in [6, 6.07) is 17.8. The topological polar surface area (TPSA) is 64.9 Å². The Morgan fingerprint density at radius 3 is 2.48 bits per heavy atom. The van der Waals surface area contributed by atoms with Crippen LogP contribution in [0.3, 0.4) is 0 Å². The Hall–Kier alpha value is -2.44. The number of hydrogen-bond donors (Lipinski definition) is 1. The summed E-state index contributed by atoms with van der Waals surface area (Å²) < 4.78 is 7.33. The van der Waals surface area contributed by atoms with Crippen molar-refractivity contribution >= 4 is 12.4 Å². The van der Waals surface area contributed by atoms with Crippen LogP contribution in [-0.4, -0.2) is 26.8 Å². The average molecular weight is 332 g/mol. The normalized spacial score (nSPS) is 10.1. The van der Waals surface area contributed by atoms with Crippen LogP contribution in [-0.2, 0) is 6.54 Å². The molecule has 0 atom stereocenters. The van der Waals surface area contributed by atoms with Crippen molar-refractivity contribution in [3.63, 3.8) is 0 Å². The van der Waals surface area contributed by atoms with Gasteiger partial charge in [-0.1, -0.05) is 42.4 Å². The number of hydrogen-bond acceptors (Lipinski definition) is 5. The smallest absolute Gasteiger partial charge is 0.345 e. The lowest BCUT2D eigenvalue weighted by atomic mass is 10.2. The number of halogens is 1. The van der Waals surface area contributed by atoms with Gasteiger partial charge in [0.05, 0.1) is 5.69 Å². The highest BCUT2D eigenvalue weighted by atomic mass is 35.5. The van der Waals surface area contributed by atoms with E-state index in [9.17, 15) is 0 Å². The van der Waals surface area contributed by atoms with Crippen molar-refractivity contribution in [2.45, 2.75) is 13.5 Å². The van der Waals surface area contributed by atoms with Crippen LogP contribution in [0.4, 0.5) is 0 Å². The Morgan fingerprint density at radius 2 is 1.78 bits per heavy atom. The maximum absolute atomic E-state index is 5.77. The van der Waals surface area contributed by atoms with Gasteiger partial charge in [-0.3, -0.25) is 0 Å². The summed E-state index contributed by atoms with van der Waals surface area (Å²) in [4.78, 5) is 0. The van der Waals surface area contributed by atoms with Crippen LogP contribution in [0.15, 0.2) is 54.6 Å². The second kappa shape index (κ2) is 8.26. The molecule has 3 rings (SSSR count). The van der Waals surface area contributed by atoms with Gasteiger partial charge in [-0.25, -0.2) is 0 Å². The molecule has 7 heteroatoms. The van der Waals surface area contributed by atoms with Crippen molar-refractivity contribution in [1.29, 1.82) is 0 Å². The molecule has 0 unspecified atom stereocenters. The van der Waals surface area contributed by atoms with Crippen molar-refractivity contribution in [1.82, 2.24) is 25.5 Å². The van der Waals surface area contributed by atoms with Crippen LogP contribution in [0.5, 0.6) is 11.8 Å². The summed E-state index contributed by atoms with van der Waals surface area (Å²) in [6.45, 7) is 3.88.